The molecular formula is C17H25NO4S. The summed E-state index contributed by atoms with van der Waals surface area (Å²) in [5.74, 6) is -0.469. The molecule has 0 radical (unpaired) electrons. The van der Waals surface area contributed by atoms with E-state index in [1.807, 2.05) is 24.3 Å². The minimum absolute atomic E-state index is 0.0510. The van der Waals surface area contributed by atoms with Gasteiger partial charge in [-0.15, -0.1) is 0 Å². The SMILES string of the molecule is CS(=O)(=O)Cc1ccccc1CNCC1CCCC(C(=O)O)C1. The molecule has 1 fully saturated rings. The summed E-state index contributed by atoms with van der Waals surface area (Å²) >= 11 is 0. The van der Waals surface area contributed by atoms with Crippen molar-refractivity contribution < 1.29 is 18.3 Å². The molecule has 1 aromatic carbocycles. The molecule has 1 aliphatic carbocycles. The van der Waals surface area contributed by atoms with E-state index in [-0.39, 0.29) is 11.7 Å². The van der Waals surface area contributed by atoms with Crippen LogP contribution >= 0.6 is 0 Å². The molecule has 1 saturated carbocycles. The molecule has 2 rings (SSSR count). The molecule has 0 aliphatic heterocycles. The Labute approximate surface area is 138 Å². The van der Waals surface area contributed by atoms with Crippen LogP contribution in [0.1, 0.15) is 36.8 Å². The molecule has 2 N–H and O–H groups in total. The summed E-state index contributed by atoms with van der Waals surface area (Å²) in [7, 11) is -3.06. The summed E-state index contributed by atoms with van der Waals surface area (Å²) in [6.07, 6.45) is 4.78. The Morgan fingerprint density at radius 3 is 2.61 bits per heavy atom. The lowest BCUT2D eigenvalue weighted by Crippen LogP contribution is -2.30. The first kappa shape index (κ1) is 17.9. The first-order valence-corrected chi connectivity index (χ1v) is 10.1. The monoisotopic (exact) mass is 339 g/mol. The van der Waals surface area contributed by atoms with E-state index in [1.54, 1.807) is 0 Å². The lowest BCUT2D eigenvalue weighted by molar-refractivity contribution is -0.143. The Hall–Kier alpha value is -1.40. The topological polar surface area (TPSA) is 83.5 Å². The molecule has 0 amide bonds. The third kappa shape index (κ3) is 5.95. The van der Waals surface area contributed by atoms with Gasteiger partial charge in [-0.1, -0.05) is 30.7 Å². The summed E-state index contributed by atoms with van der Waals surface area (Å²) < 4.78 is 23.0. The minimum atomic E-state index is -3.06. The van der Waals surface area contributed by atoms with Gasteiger partial charge in [-0.3, -0.25) is 4.79 Å². The van der Waals surface area contributed by atoms with E-state index in [1.165, 1.54) is 6.26 Å². The molecule has 6 heteroatoms. The molecule has 0 heterocycles. The second-order valence-corrected chi connectivity index (χ2v) is 8.68. The summed E-state index contributed by atoms with van der Waals surface area (Å²) in [6, 6.07) is 7.54. The maximum atomic E-state index is 11.5. The van der Waals surface area contributed by atoms with Gasteiger partial charge in [-0.25, -0.2) is 8.42 Å². The van der Waals surface area contributed by atoms with Crippen molar-refractivity contribution in [3.63, 3.8) is 0 Å². The molecule has 1 aromatic rings. The minimum Gasteiger partial charge on any atom is -0.481 e. The molecule has 1 aliphatic rings. The van der Waals surface area contributed by atoms with Crippen LogP contribution in [-0.2, 0) is 26.9 Å². The molecule has 0 spiro atoms. The van der Waals surface area contributed by atoms with Crippen molar-refractivity contribution in [1.82, 2.24) is 5.32 Å². The predicted molar refractivity (Wildman–Crippen MR) is 89.8 cm³/mol. The van der Waals surface area contributed by atoms with E-state index in [4.69, 9.17) is 5.11 Å². The lowest BCUT2D eigenvalue weighted by atomic mass is 9.81. The fourth-order valence-corrected chi connectivity index (χ4v) is 4.11. The Kier molecular flexibility index (Phi) is 6.18. The van der Waals surface area contributed by atoms with Crippen molar-refractivity contribution >= 4 is 15.8 Å². The van der Waals surface area contributed by atoms with E-state index in [0.29, 0.717) is 12.5 Å². The molecule has 0 bridgehead atoms. The van der Waals surface area contributed by atoms with Gasteiger partial charge < -0.3 is 10.4 Å². The number of benzene rings is 1. The largest absolute Gasteiger partial charge is 0.481 e. The van der Waals surface area contributed by atoms with Crippen molar-refractivity contribution in [2.75, 3.05) is 12.8 Å². The Balaban J connectivity index is 1.88. The van der Waals surface area contributed by atoms with Crippen LogP contribution in [0.25, 0.3) is 0 Å². The van der Waals surface area contributed by atoms with Crippen LogP contribution in [0.15, 0.2) is 24.3 Å². The standard InChI is InChI=1S/C17H25NO4S/c1-23(21,22)12-16-7-3-2-6-15(16)11-18-10-13-5-4-8-14(9-13)17(19)20/h2-3,6-7,13-14,18H,4-5,8-12H2,1H3,(H,19,20). The number of carboxylic acid groups (broad SMARTS) is 1. The highest BCUT2D eigenvalue weighted by molar-refractivity contribution is 7.89. The molecule has 0 aromatic heterocycles. The van der Waals surface area contributed by atoms with Gasteiger partial charge in [0, 0.05) is 12.8 Å². The van der Waals surface area contributed by atoms with Crippen LogP contribution in [0.4, 0.5) is 0 Å². The fraction of sp³-hybridized carbons (Fsp3) is 0.588. The van der Waals surface area contributed by atoms with E-state index in [9.17, 15) is 13.2 Å². The lowest BCUT2D eigenvalue weighted by Gasteiger charge is -2.26. The van der Waals surface area contributed by atoms with Crippen LogP contribution in [0, 0.1) is 11.8 Å². The van der Waals surface area contributed by atoms with Gasteiger partial charge in [0.25, 0.3) is 0 Å². The second kappa shape index (κ2) is 7.93. The molecule has 5 nitrogen and oxygen atoms in total. The smallest absolute Gasteiger partial charge is 0.306 e. The molecule has 2 unspecified atom stereocenters. The highest BCUT2D eigenvalue weighted by atomic mass is 32.2. The number of aliphatic carboxylic acids is 1. The molecule has 0 saturated heterocycles. The van der Waals surface area contributed by atoms with Gasteiger partial charge in [0.05, 0.1) is 11.7 Å². The Morgan fingerprint density at radius 1 is 1.26 bits per heavy atom. The summed E-state index contributed by atoms with van der Waals surface area (Å²) in [6.45, 7) is 1.39. The number of rotatable bonds is 7. The maximum absolute atomic E-state index is 11.5. The van der Waals surface area contributed by atoms with Crippen molar-refractivity contribution in [2.24, 2.45) is 11.8 Å². The van der Waals surface area contributed by atoms with Gasteiger partial charge in [-0.2, -0.15) is 0 Å². The highest BCUT2D eigenvalue weighted by Gasteiger charge is 2.26. The van der Waals surface area contributed by atoms with Crippen molar-refractivity contribution in [3.05, 3.63) is 35.4 Å². The quantitative estimate of drug-likeness (QED) is 0.796. The predicted octanol–water partition coefficient (Wildman–Crippen LogP) is 2.21. The second-order valence-electron chi connectivity index (χ2n) is 6.54. The summed E-state index contributed by atoms with van der Waals surface area (Å²) in [5, 5.41) is 12.5. The van der Waals surface area contributed by atoms with E-state index >= 15 is 0 Å². The Bertz CT molecular complexity index is 642. The first-order chi connectivity index (χ1) is 10.8. The van der Waals surface area contributed by atoms with Crippen molar-refractivity contribution in [2.45, 2.75) is 38.0 Å². The third-order valence-electron chi connectivity index (χ3n) is 4.42. The fourth-order valence-electron chi connectivity index (χ4n) is 3.26. The van der Waals surface area contributed by atoms with Crippen LogP contribution in [0.2, 0.25) is 0 Å². The number of nitrogens with one attached hydrogen (secondary N) is 1. The zero-order valence-corrected chi connectivity index (χ0v) is 14.3. The zero-order valence-electron chi connectivity index (χ0n) is 13.5. The molecular weight excluding hydrogens is 314 g/mol. The number of hydrogen-bond donors (Lipinski definition) is 2. The normalized spacial score (nSPS) is 22.0. The molecule has 128 valence electrons. The maximum Gasteiger partial charge on any atom is 0.306 e. The van der Waals surface area contributed by atoms with Crippen molar-refractivity contribution in [3.8, 4) is 0 Å². The average molecular weight is 339 g/mol. The van der Waals surface area contributed by atoms with Gasteiger partial charge in [0.2, 0.25) is 0 Å². The van der Waals surface area contributed by atoms with Crippen LogP contribution in [-0.4, -0.2) is 32.3 Å². The summed E-state index contributed by atoms with van der Waals surface area (Å²) in [5.41, 5.74) is 1.82. The van der Waals surface area contributed by atoms with Crippen LogP contribution < -0.4 is 5.32 Å². The average Bonchev–Trinajstić information content (AvgIpc) is 2.48. The van der Waals surface area contributed by atoms with Crippen molar-refractivity contribution in [1.29, 1.82) is 0 Å². The van der Waals surface area contributed by atoms with E-state index < -0.39 is 15.8 Å². The molecule has 2 atom stereocenters. The van der Waals surface area contributed by atoms with Gasteiger partial charge >= 0.3 is 5.97 Å². The van der Waals surface area contributed by atoms with Gasteiger partial charge in [0.1, 0.15) is 0 Å². The summed E-state index contributed by atoms with van der Waals surface area (Å²) in [4.78, 5) is 11.1. The number of sulfone groups is 1. The Morgan fingerprint density at radius 2 is 1.96 bits per heavy atom. The van der Waals surface area contributed by atoms with Gasteiger partial charge in [0.15, 0.2) is 9.84 Å². The number of hydrogen-bond acceptors (Lipinski definition) is 4. The number of carbonyl (C=O) groups is 1. The molecule has 23 heavy (non-hydrogen) atoms. The van der Waals surface area contributed by atoms with Gasteiger partial charge in [-0.05, 0) is 42.9 Å². The highest BCUT2D eigenvalue weighted by Crippen LogP contribution is 2.28. The zero-order chi connectivity index (χ0) is 16.9. The number of carboxylic acids is 1. The van der Waals surface area contributed by atoms with Crippen LogP contribution in [0.3, 0.4) is 0 Å². The van der Waals surface area contributed by atoms with E-state index in [2.05, 4.69) is 5.32 Å². The first-order valence-electron chi connectivity index (χ1n) is 8.03. The van der Waals surface area contributed by atoms with E-state index in [0.717, 1.165) is 43.4 Å². The third-order valence-corrected chi connectivity index (χ3v) is 5.25. The van der Waals surface area contributed by atoms with Crippen LogP contribution in [0.5, 0.6) is 0 Å².